The molecule has 0 unspecified atom stereocenters. The summed E-state index contributed by atoms with van der Waals surface area (Å²) in [5.41, 5.74) is 18.7. The standard InChI is InChI=1S/C18H24N2O2.C17H22N2O.C16H19N3O.C14H17N3O2/c1-11(2)18(12(3)4)22-16-8-6-14(10-13(16)5)15-7-9-17(21)20-19-15;1-12(2)9-10-20-17-8-6-15(11-13(17)3)16-7-5-14(4)18-19-16;1-12-11-14(15-5-3-13(2)17-18-15)4-6-16(12)20-10-9-19-7-8-19;1-10-8-11(12-5-7-14(18)16-15-12)4-6-13(10)19-9-17(2)3/h6-12,18H,1-5H3,(H,20,21);5-8,11-12,18H,4,9-10H2,1-3H3;3-6,11,17H,2,7-10H2,1H3;4-8H,9H2,1-3H3,(H,16,18). The first-order valence-electron chi connectivity index (χ1n) is 27.6. The summed E-state index contributed by atoms with van der Waals surface area (Å²) in [5.74, 6) is 5.23. The van der Waals surface area contributed by atoms with Crippen LogP contribution in [0.25, 0.3) is 22.5 Å². The van der Waals surface area contributed by atoms with Crippen LogP contribution < -0.4 is 40.9 Å². The molecule has 16 nitrogen and oxygen atoms in total. The van der Waals surface area contributed by atoms with Crippen LogP contribution in [0.1, 0.15) is 81.3 Å². The third-order valence-corrected chi connectivity index (χ3v) is 13.0. The van der Waals surface area contributed by atoms with Crippen LogP contribution in [-0.2, 0) is 0 Å². The molecule has 0 aliphatic carbocycles. The second-order valence-corrected chi connectivity index (χ2v) is 21.6. The van der Waals surface area contributed by atoms with Crippen molar-refractivity contribution < 1.29 is 18.9 Å². The number of aromatic nitrogens is 4. The number of hydrazone groups is 2. The predicted molar refractivity (Wildman–Crippen MR) is 328 cm³/mol. The number of hydrogen-bond donors (Lipinski definition) is 4. The zero-order valence-electron chi connectivity index (χ0n) is 49.4. The Morgan fingerprint density at radius 1 is 0.543 bits per heavy atom. The number of hydrogen-bond acceptors (Lipinski definition) is 14. The van der Waals surface area contributed by atoms with E-state index < -0.39 is 0 Å². The van der Waals surface area contributed by atoms with Crippen LogP contribution in [0.15, 0.2) is 166 Å². The lowest BCUT2D eigenvalue weighted by atomic mass is 9.96. The number of aryl methyl sites for hydroxylation is 4. The van der Waals surface area contributed by atoms with Gasteiger partial charge in [-0.1, -0.05) is 54.7 Å². The zero-order valence-corrected chi connectivity index (χ0v) is 49.4. The quantitative estimate of drug-likeness (QED) is 0.0445. The van der Waals surface area contributed by atoms with Gasteiger partial charge in [0, 0.05) is 65.4 Å². The first kappa shape index (κ1) is 61.9. The summed E-state index contributed by atoms with van der Waals surface area (Å²) in [4.78, 5) is 26.4. The van der Waals surface area contributed by atoms with Crippen molar-refractivity contribution in [2.75, 3.05) is 53.7 Å². The molecular weight excluding hydrogens is 1020 g/mol. The van der Waals surface area contributed by atoms with Crippen molar-refractivity contribution in [1.82, 2.24) is 41.0 Å². The topological polar surface area (TPSA) is 183 Å². The van der Waals surface area contributed by atoms with Crippen LogP contribution >= 0.6 is 0 Å². The number of nitrogens with zero attached hydrogens (tertiary/aromatic N) is 6. The Morgan fingerprint density at radius 2 is 0.963 bits per heavy atom. The van der Waals surface area contributed by atoms with Gasteiger partial charge in [-0.25, -0.2) is 10.2 Å². The van der Waals surface area contributed by atoms with Gasteiger partial charge in [0.05, 0.1) is 29.4 Å². The lowest BCUT2D eigenvalue weighted by Crippen LogP contribution is -2.29. The maximum atomic E-state index is 11.1. The summed E-state index contributed by atoms with van der Waals surface area (Å²) in [7, 11) is 3.90. The normalized spacial score (nSPS) is 13.5. The smallest absolute Gasteiger partial charge is 0.264 e. The van der Waals surface area contributed by atoms with Crippen molar-refractivity contribution in [3.8, 4) is 45.5 Å². The number of H-pyrrole nitrogens is 2. The largest absolute Gasteiger partial charge is 0.493 e. The molecule has 5 heterocycles. The molecule has 428 valence electrons. The lowest BCUT2D eigenvalue weighted by Gasteiger charge is -2.27. The summed E-state index contributed by atoms with van der Waals surface area (Å²) in [6.07, 6.45) is 9.04. The van der Waals surface area contributed by atoms with E-state index >= 15 is 0 Å². The Balaban J connectivity index is 0.000000174. The molecule has 9 rings (SSSR count). The molecule has 6 aromatic rings. The summed E-state index contributed by atoms with van der Waals surface area (Å²) in [5, 5.41) is 21.5. The van der Waals surface area contributed by atoms with Crippen molar-refractivity contribution in [1.29, 1.82) is 0 Å². The molecule has 2 aromatic heterocycles. The molecule has 4 aromatic carbocycles. The Kier molecular flexibility index (Phi) is 23.1. The fraction of sp³-hybridized carbons (Fsp3) is 0.354. The van der Waals surface area contributed by atoms with Gasteiger partial charge in [0.2, 0.25) is 0 Å². The van der Waals surface area contributed by atoms with E-state index in [-0.39, 0.29) is 17.2 Å². The van der Waals surface area contributed by atoms with E-state index in [0.717, 1.165) is 128 Å². The van der Waals surface area contributed by atoms with E-state index in [0.29, 0.717) is 24.5 Å². The second-order valence-electron chi connectivity index (χ2n) is 21.6. The van der Waals surface area contributed by atoms with Gasteiger partial charge in [0.15, 0.2) is 0 Å². The van der Waals surface area contributed by atoms with E-state index in [1.54, 1.807) is 12.1 Å². The van der Waals surface area contributed by atoms with Crippen LogP contribution in [0.4, 0.5) is 0 Å². The molecule has 3 aliphatic heterocycles. The van der Waals surface area contributed by atoms with Crippen molar-refractivity contribution >= 4 is 11.4 Å². The van der Waals surface area contributed by atoms with Crippen molar-refractivity contribution in [3.05, 3.63) is 200 Å². The third-order valence-electron chi connectivity index (χ3n) is 13.0. The summed E-state index contributed by atoms with van der Waals surface area (Å²) >= 11 is 0. The second kappa shape index (κ2) is 30.3. The molecule has 0 radical (unpaired) electrons. The number of nitrogens with one attached hydrogen (secondary N) is 4. The molecule has 0 spiro atoms. The van der Waals surface area contributed by atoms with E-state index in [9.17, 15) is 9.59 Å². The highest BCUT2D eigenvalue weighted by molar-refractivity contribution is 6.10. The number of allylic oxidation sites excluding steroid dienone is 4. The third kappa shape index (κ3) is 20.1. The number of aromatic amines is 2. The minimum absolute atomic E-state index is 0.191. The van der Waals surface area contributed by atoms with Crippen LogP contribution in [0.5, 0.6) is 23.0 Å². The van der Waals surface area contributed by atoms with Crippen LogP contribution in [-0.4, -0.2) is 101 Å². The van der Waals surface area contributed by atoms with E-state index in [2.05, 4.69) is 127 Å². The maximum absolute atomic E-state index is 11.1. The summed E-state index contributed by atoms with van der Waals surface area (Å²) in [6, 6.07) is 30.5. The van der Waals surface area contributed by atoms with Crippen LogP contribution in [0.2, 0.25) is 0 Å². The van der Waals surface area contributed by atoms with Gasteiger partial charge in [0.1, 0.15) is 42.4 Å². The summed E-state index contributed by atoms with van der Waals surface area (Å²) < 4.78 is 23.5. The molecule has 0 amide bonds. The van der Waals surface area contributed by atoms with Crippen molar-refractivity contribution in [3.63, 3.8) is 0 Å². The van der Waals surface area contributed by atoms with Crippen molar-refractivity contribution in [2.45, 2.75) is 81.8 Å². The Morgan fingerprint density at radius 3 is 1.33 bits per heavy atom. The average molecular weight is 1100 g/mol. The van der Waals surface area contributed by atoms with Gasteiger partial charge >= 0.3 is 0 Å². The number of benzene rings is 4. The monoisotopic (exact) mass is 1100 g/mol. The van der Waals surface area contributed by atoms with E-state index in [1.165, 1.54) is 25.2 Å². The van der Waals surface area contributed by atoms with Gasteiger partial charge in [0.25, 0.3) is 11.1 Å². The molecule has 81 heavy (non-hydrogen) atoms. The molecular formula is C65H82N10O6. The minimum atomic E-state index is -0.202. The molecule has 0 saturated carbocycles. The predicted octanol–water partition coefficient (Wildman–Crippen LogP) is 11.3. The van der Waals surface area contributed by atoms with Gasteiger partial charge in [-0.05, 0) is 197 Å². The van der Waals surface area contributed by atoms with Crippen LogP contribution in [0.3, 0.4) is 0 Å². The fourth-order valence-electron chi connectivity index (χ4n) is 8.33. The highest BCUT2D eigenvalue weighted by atomic mass is 16.5. The molecule has 1 fully saturated rings. The first-order valence-corrected chi connectivity index (χ1v) is 27.6. The minimum Gasteiger partial charge on any atom is -0.493 e. The molecule has 1 saturated heterocycles. The highest BCUT2D eigenvalue weighted by Gasteiger charge is 2.21. The maximum Gasteiger partial charge on any atom is 0.264 e. The molecule has 0 bridgehead atoms. The van der Waals surface area contributed by atoms with E-state index in [4.69, 9.17) is 18.9 Å². The Labute approximate surface area is 478 Å². The Bertz CT molecular complexity index is 3180. The van der Waals surface area contributed by atoms with Crippen LogP contribution in [0, 0.1) is 45.4 Å². The highest BCUT2D eigenvalue weighted by Crippen LogP contribution is 2.29. The van der Waals surface area contributed by atoms with E-state index in [1.807, 2.05) is 118 Å². The van der Waals surface area contributed by atoms with Gasteiger partial charge in [-0.15, -0.1) is 0 Å². The number of ether oxygens (including phenoxy) is 4. The van der Waals surface area contributed by atoms with Gasteiger partial charge in [-0.3, -0.25) is 30.2 Å². The molecule has 3 aliphatic rings. The van der Waals surface area contributed by atoms with Gasteiger partial charge < -0.3 is 18.9 Å². The average Bonchev–Trinajstić information content (AvgIpc) is 4.35. The lowest BCUT2D eigenvalue weighted by molar-refractivity contribution is 0.104. The molecule has 16 heteroatoms. The molecule has 0 atom stereocenters. The molecule has 4 N–H and O–H groups in total. The Hall–Kier alpha value is -8.34. The van der Waals surface area contributed by atoms with Gasteiger partial charge in [-0.2, -0.15) is 20.4 Å². The SMILES string of the molecule is C=C1C=CC(c2ccc(OCCC(C)C)c(C)c2)=NN1.C=C1C=CC(c2ccc(OCCN3CC3)c(C)c2)=NN1.Cc1cc(-c2ccc(=O)[nH]n2)ccc1OC(C(C)C)C(C)C.Cc1cc(-c2ccc(=O)[nH]n2)ccc1OCN(C)C. The number of rotatable bonds is 19. The summed E-state index contributed by atoms with van der Waals surface area (Å²) in [6.45, 7) is 34.4. The van der Waals surface area contributed by atoms with Crippen molar-refractivity contribution in [2.24, 2.45) is 28.0 Å². The first-order chi connectivity index (χ1) is 38.7. The zero-order chi connectivity index (χ0) is 58.6. The fourth-order valence-corrected chi connectivity index (χ4v) is 8.33.